The molecule has 2 aromatic rings. The summed E-state index contributed by atoms with van der Waals surface area (Å²) in [4.78, 5) is 3.52. The highest BCUT2D eigenvalue weighted by Crippen LogP contribution is 2.28. The molecule has 1 heterocycles. The second-order valence-electron chi connectivity index (χ2n) is 3.78. The standard InChI is InChI=1S/C12H11F3N2/c1-9-16-11(12(13,14)15)8-17(9)7-10-5-3-2-4-6-10/h2-6,8H,7H2,1H3. The zero-order chi connectivity index (χ0) is 12.5. The molecule has 0 saturated carbocycles. The van der Waals surface area contributed by atoms with Gasteiger partial charge < -0.3 is 4.57 Å². The monoisotopic (exact) mass is 240 g/mol. The van der Waals surface area contributed by atoms with Crippen LogP contribution < -0.4 is 0 Å². The number of imidazole rings is 1. The minimum Gasteiger partial charge on any atom is -0.330 e. The van der Waals surface area contributed by atoms with Crippen LogP contribution in [0.2, 0.25) is 0 Å². The van der Waals surface area contributed by atoms with Gasteiger partial charge in [0, 0.05) is 12.7 Å². The molecule has 2 nitrogen and oxygen atoms in total. The Morgan fingerprint density at radius 3 is 2.35 bits per heavy atom. The van der Waals surface area contributed by atoms with Crippen molar-refractivity contribution in [1.82, 2.24) is 9.55 Å². The van der Waals surface area contributed by atoms with Crippen LogP contribution in [0.4, 0.5) is 13.2 Å². The average molecular weight is 240 g/mol. The van der Waals surface area contributed by atoms with Gasteiger partial charge in [0.25, 0.3) is 0 Å². The third kappa shape index (κ3) is 2.67. The number of benzene rings is 1. The smallest absolute Gasteiger partial charge is 0.330 e. The molecule has 0 N–H and O–H groups in total. The molecule has 1 aromatic carbocycles. The Morgan fingerprint density at radius 2 is 1.82 bits per heavy atom. The van der Waals surface area contributed by atoms with Gasteiger partial charge in [0.05, 0.1) is 0 Å². The summed E-state index contributed by atoms with van der Waals surface area (Å²) in [6.45, 7) is 1.97. The molecule has 0 bridgehead atoms. The topological polar surface area (TPSA) is 17.8 Å². The SMILES string of the molecule is Cc1nc(C(F)(F)F)cn1Cc1ccccc1. The van der Waals surface area contributed by atoms with Crippen LogP contribution in [0, 0.1) is 6.92 Å². The van der Waals surface area contributed by atoms with E-state index in [9.17, 15) is 13.2 Å². The fraction of sp³-hybridized carbons (Fsp3) is 0.250. The zero-order valence-electron chi connectivity index (χ0n) is 9.20. The van der Waals surface area contributed by atoms with E-state index < -0.39 is 11.9 Å². The van der Waals surface area contributed by atoms with Crippen molar-refractivity contribution in [2.45, 2.75) is 19.6 Å². The van der Waals surface area contributed by atoms with Gasteiger partial charge in [-0.2, -0.15) is 13.2 Å². The van der Waals surface area contributed by atoms with Crippen LogP contribution in [0.5, 0.6) is 0 Å². The van der Waals surface area contributed by atoms with Crippen molar-refractivity contribution in [3.05, 3.63) is 53.6 Å². The van der Waals surface area contributed by atoms with Crippen LogP contribution >= 0.6 is 0 Å². The molecular formula is C12H11F3N2. The van der Waals surface area contributed by atoms with E-state index in [0.717, 1.165) is 11.8 Å². The van der Waals surface area contributed by atoms with E-state index in [1.165, 1.54) is 4.57 Å². The third-order valence-corrected chi connectivity index (χ3v) is 2.46. The molecule has 0 spiro atoms. The molecule has 90 valence electrons. The van der Waals surface area contributed by atoms with Gasteiger partial charge in [-0.25, -0.2) is 4.98 Å². The Labute approximate surface area is 96.7 Å². The Bertz CT molecular complexity index is 500. The van der Waals surface area contributed by atoms with E-state index >= 15 is 0 Å². The van der Waals surface area contributed by atoms with Crippen molar-refractivity contribution in [2.75, 3.05) is 0 Å². The highest BCUT2D eigenvalue weighted by molar-refractivity contribution is 5.17. The maximum atomic E-state index is 12.4. The van der Waals surface area contributed by atoms with Gasteiger partial charge in [-0.15, -0.1) is 0 Å². The molecule has 5 heteroatoms. The average Bonchev–Trinajstić information content (AvgIpc) is 2.62. The summed E-state index contributed by atoms with van der Waals surface area (Å²) < 4.78 is 38.8. The molecule has 1 aromatic heterocycles. The first-order valence-electron chi connectivity index (χ1n) is 5.12. The molecule has 0 atom stereocenters. The van der Waals surface area contributed by atoms with E-state index in [1.54, 1.807) is 6.92 Å². The molecule has 0 aliphatic rings. The number of alkyl halides is 3. The predicted molar refractivity (Wildman–Crippen MR) is 57.5 cm³/mol. The van der Waals surface area contributed by atoms with Crippen molar-refractivity contribution in [2.24, 2.45) is 0 Å². The van der Waals surface area contributed by atoms with E-state index in [0.29, 0.717) is 12.4 Å². The Morgan fingerprint density at radius 1 is 1.18 bits per heavy atom. The lowest BCUT2D eigenvalue weighted by molar-refractivity contribution is -0.141. The molecule has 0 amide bonds. The number of rotatable bonds is 2. The summed E-state index contributed by atoms with van der Waals surface area (Å²) in [5.41, 5.74) is 0.104. The van der Waals surface area contributed by atoms with Crippen molar-refractivity contribution in [3.8, 4) is 0 Å². The van der Waals surface area contributed by atoms with Crippen LogP contribution in [0.25, 0.3) is 0 Å². The van der Waals surface area contributed by atoms with Gasteiger partial charge in [-0.1, -0.05) is 30.3 Å². The normalized spacial score (nSPS) is 11.8. The van der Waals surface area contributed by atoms with Gasteiger partial charge in [0.2, 0.25) is 0 Å². The lowest BCUT2D eigenvalue weighted by atomic mass is 10.2. The van der Waals surface area contributed by atoms with Gasteiger partial charge in [-0.3, -0.25) is 0 Å². The Hall–Kier alpha value is -1.78. The molecule has 0 unspecified atom stereocenters. The number of nitrogens with zero attached hydrogens (tertiary/aromatic N) is 2. The van der Waals surface area contributed by atoms with Crippen LogP contribution in [0.3, 0.4) is 0 Å². The summed E-state index contributed by atoms with van der Waals surface area (Å²) in [7, 11) is 0. The second-order valence-corrected chi connectivity index (χ2v) is 3.78. The van der Waals surface area contributed by atoms with E-state index in [-0.39, 0.29) is 0 Å². The zero-order valence-corrected chi connectivity index (χ0v) is 9.20. The fourth-order valence-corrected chi connectivity index (χ4v) is 1.59. The van der Waals surface area contributed by atoms with E-state index in [2.05, 4.69) is 4.98 Å². The summed E-state index contributed by atoms with van der Waals surface area (Å²) in [5, 5.41) is 0. The molecule has 0 aliphatic carbocycles. The minimum atomic E-state index is -4.38. The molecular weight excluding hydrogens is 229 g/mol. The number of hydrogen-bond acceptors (Lipinski definition) is 1. The van der Waals surface area contributed by atoms with Crippen molar-refractivity contribution in [3.63, 3.8) is 0 Å². The van der Waals surface area contributed by atoms with Crippen molar-refractivity contribution in [1.29, 1.82) is 0 Å². The first-order chi connectivity index (χ1) is 7.97. The molecule has 0 aliphatic heterocycles. The highest BCUT2D eigenvalue weighted by Gasteiger charge is 2.34. The maximum absolute atomic E-state index is 12.4. The largest absolute Gasteiger partial charge is 0.434 e. The lowest BCUT2D eigenvalue weighted by Crippen LogP contribution is -2.05. The van der Waals surface area contributed by atoms with Crippen molar-refractivity contribution >= 4 is 0 Å². The third-order valence-electron chi connectivity index (χ3n) is 2.46. The van der Waals surface area contributed by atoms with Gasteiger partial charge in [0.15, 0.2) is 5.69 Å². The maximum Gasteiger partial charge on any atom is 0.434 e. The van der Waals surface area contributed by atoms with Crippen LogP contribution in [-0.2, 0) is 12.7 Å². The van der Waals surface area contributed by atoms with Gasteiger partial charge >= 0.3 is 6.18 Å². The van der Waals surface area contributed by atoms with Crippen molar-refractivity contribution < 1.29 is 13.2 Å². The molecule has 17 heavy (non-hydrogen) atoms. The molecule has 0 saturated heterocycles. The van der Waals surface area contributed by atoms with Crippen LogP contribution in [0.1, 0.15) is 17.1 Å². The highest BCUT2D eigenvalue weighted by atomic mass is 19.4. The minimum absolute atomic E-state index is 0.362. The lowest BCUT2D eigenvalue weighted by Gasteiger charge is -2.04. The molecule has 2 rings (SSSR count). The molecule has 0 radical (unpaired) electrons. The second kappa shape index (κ2) is 4.24. The van der Waals surface area contributed by atoms with Gasteiger partial charge in [0.1, 0.15) is 5.82 Å². The predicted octanol–water partition coefficient (Wildman–Crippen LogP) is 3.26. The summed E-state index contributed by atoms with van der Waals surface area (Å²) in [5.74, 6) is 0.362. The van der Waals surface area contributed by atoms with E-state index in [4.69, 9.17) is 0 Å². The first-order valence-corrected chi connectivity index (χ1v) is 5.12. The van der Waals surface area contributed by atoms with E-state index in [1.807, 2.05) is 30.3 Å². The number of halogens is 3. The Balaban J connectivity index is 2.26. The number of aromatic nitrogens is 2. The number of aryl methyl sites for hydroxylation is 1. The summed E-state index contributed by atoms with van der Waals surface area (Å²) in [6.07, 6.45) is -3.34. The van der Waals surface area contributed by atoms with Crippen LogP contribution in [-0.4, -0.2) is 9.55 Å². The summed E-state index contributed by atoms with van der Waals surface area (Å²) in [6, 6.07) is 9.31. The van der Waals surface area contributed by atoms with Gasteiger partial charge in [-0.05, 0) is 12.5 Å². The quantitative estimate of drug-likeness (QED) is 0.787. The van der Waals surface area contributed by atoms with Crippen LogP contribution in [0.15, 0.2) is 36.5 Å². The molecule has 0 fully saturated rings. The summed E-state index contributed by atoms with van der Waals surface area (Å²) >= 11 is 0. The number of hydrogen-bond donors (Lipinski definition) is 0. The fourth-order valence-electron chi connectivity index (χ4n) is 1.59. The first kappa shape index (κ1) is 11.7. The Kier molecular flexibility index (Phi) is 2.92.